The van der Waals surface area contributed by atoms with Crippen molar-refractivity contribution in [2.45, 2.75) is 31.7 Å². The van der Waals surface area contributed by atoms with Gasteiger partial charge in [-0.05, 0) is 43.9 Å². The van der Waals surface area contributed by atoms with E-state index in [1.54, 1.807) is 19.1 Å². The average molecular weight is 294 g/mol. The number of carbonyl (C=O) groups excluding carboxylic acids is 2. The summed E-state index contributed by atoms with van der Waals surface area (Å²) in [7, 11) is 1.33. The lowest BCUT2D eigenvalue weighted by molar-refractivity contribution is -0.152. The standard InChI is InChI=1S/C15H19FN2O3/c1-10-4-5-11(8-12(10)16)18-13(19)9-17-15(6-3-7-15)14(20)21-2/h4-5,8,17H,3,6-7,9H2,1-2H3,(H,18,19). The molecule has 0 saturated heterocycles. The van der Waals surface area contributed by atoms with Crippen molar-refractivity contribution < 1.29 is 18.7 Å². The number of aryl methyl sites for hydroxylation is 1. The SMILES string of the molecule is COC(=O)C1(NCC(=O)Nc2ccc(C)c(F)c2)CCC1. The number of anilines is 1. The van der Waals surface area contributed by atoms with E-state index in [4.69, 9.17) is 4.74 Å². The second-order valence-corrected chi connectivity index (χ2v) is 5.29. The third-order valence-electron chi connectivity index (χ3n) is 3.83. The molecular formula is C15H19FN2O3. The van der Waals surface area contributed by atoms with Crippen LogP contribution in [0, 0.1) is 12.7 Å². The first-order valence-electron chi connectivity index (χ1n) is 6.86. The number of rotatable bonds is 5. The quantitative estimate of drug-likeness (QED) is 0.812. The van der Waals surface area contributed by atoms with Crippen LogP contribution in [0.4, 0.5) is 10.1 Å². The van der Waals surface area contributed by atoms with E-state index in [-0.39, 0.29) is 24.2 Å². The van der Waals surface area contributed by atoms with E-state index in [0.717, 1.165) is 6.42 Å². The van der Waals surface area contributed by atoms with E-state index in [1.165, 1.54) is 13.2 Å². The predicted octanol–water partition coefficient (Wildman–Crippen LogP) is 1.76. The van der Waals surface area contributed by atoms with E-state index in [9.17, 15) is 14.0 Å². The molecule has 0 bridgehead atoms. The molecule has 0 spiro atoms. The Labute approximate surface area is 122 Å². The topological polar surface area (TPSA) is 67.4 Å². The third kappa shape index (κ3) is 3.39. The summed E-state index contributed by atoms with van der Waals surface area (Å²) in [6, 6.07) is 4.50. The molecule has 2 N–H and O–H groups in total. The molecule has 0 aliphatic heterocycles. The lowest BCUT2D eigenvalue weighted by Crippen LogP contribution is -2.59. The van der Waals surface area contributed by atoms with E-state index in [1.807, 2.05) is 0 Å². The molecule has 0 unspecified atom stereocenters. The molecule has 21 heavy (non-hydrogen) atoms. The summed E-state index contributed by atoms with van der Waals surface area (Å²) in [5.41, 5.74) is 0.167. The fourth-order valence-corrected chi connectivity index (χ4v) is 2.30. The van der Waals surface area contributed by atoms with Gasteiger partial charge in [-0.2, -0.15) is 0 Å². The Kier molecular flexibility index (Phi) is 4.57. The zero-order valence-corrected chi connectivity index (χ0v) is 12.2. The van der Waals surface area contributed by atoms with Crippen molar-refractivity contribution >= 4 is 17.6 Å². The number of halogens is 1. The second-order valence-electron chi connectivity index (χ2n) is 5.29. The molecule has 1 saturated carbocycles. The van der Waals surface area contributed by atoms with E-state index in [2.05, 4.69) is 10.6 Å². The van der Waals surface area contributed by atoms with Crippen molar-refractivity contribution in [1.29, 1.82) is 0 Å². The maximum atomic E-state index is 13.4. The summed E-state index contributed by atoms with van der Waals surface area (Å²) >= 11 is 0. The number of benzene rings is 1. The Morgan fingerprint density at radius 1 is 1.38 bits per heavy atom. The molecule has 6 heteroatoms. The molecule has 0 aromatic heterocycles. The Morgan fingerprint density at radius 3 is 2.62 bits per heavy atom. The monoisotopic (exact) mass is 294 g/mol. The number of hydrogen-bond acceptors (Lipinski definition) is 4. The van der Waals surface area contributed by atoms with Crippen molar-refractivity contribution in [1.82, 2.24) is 5.32 Å². The number of ether oxygens (including phenoxy) is 1. The van der Waals surface area contributed by atoms with Crippen LogP contribution in [0.2, 0.25) is 0 Å². The van der Waals surface area contributed by atoms with Crippen LogP contribution in [0.3, 0.4) is 0 Å². The van der Waals surface area contributed by atoms with Crippen LogP contribution in [-0.4, -0.2) is 31.1 Å². The van der Waals surface area contributed by atoms with E-state index < -0.39 is 5.54 Å². The fourth-order valence-electron chi connectivity index (χ4n) is 2.30. The van der Waals surface area contributed by atoms with E-state index >= 15 is 0 Å². The minimum atomic E-state index is -0.745. The van der Waals surface area contributed by atoms with Gasteiger partial charge in [0.25, 0.3) is 0 Å². The number of hydrogen-bond donors (Lipinski definition) is 2. The molecule has 0 atom stereocenters. The van der Waals surface area contributed by atoms with Crippen molar-refractivity contribution in [2.24, 2.45) is 0 Å². The molecule has 1 aromatic rings. The van der Waals surface area contributed by atoms with Gasteiger partial charge in [0.15, 0.2) is 0 Å². The first kappa shape index (κ1) is 15.4. The highest BCUT2D eigenvalue weighted by Crippen LogP contribution is 2.32. The molecule has 2 rings (SSSR count). The molecule has 1 aliphatic rings. The Hall–Kier alpha value is -1.95. The Morgan fingerprint density at radius 2 is 2.10 bits per heavy atom. The fraction of sp³-hybridized carbons (Fsp3) is 0.467. The summed E-state index contributed by atoms with van der Waals surface area (Å²) in [6.07, 6.45) is 2.24. The van der Waals surface area contributed by atoms with Crippen molar-refractivity contribution in [2.75, 3.05) is 19.0 Å². The maximum absolute atomic E-state index is 13.4. The minimum absolute atomic E-state index is 0.0232. The van der Waals surface area contributed by atoms with Crippen LogP contribution in [0.1, 0.15) is 24.8 Å². The van der Waals surface area contributed by atoms with Crippen LogP contribution in [0.25, 0.3) is 0 Å². The summed E-state index contributed by atoms with van der Waals surface area (Å²) in [5.74, 6) is -1.04. The summed E-state index contributed by atoms with van der Waals surface area (Å²) in [5, 5.41) is 5.54. The first-order valence-corrected chi connectivity index (χ1v) is 6.86. The number of nitrogens with one attached hydrogen (secondary N) is 2. The lowest BCUT2D eigenvalue weighted by Gasteiger charge is -2.39. The normalized spacial score (nSPS) is 16.0. The minimum Gasteiger partial charge on any atom is -0.468 e. The summed E-state index contributed by atoms with van der Waals surface area (Å²) in [4.78, 5) is 23.6. The van der Waals surface area contributed by atoms with Crippen molar-refractivity contribution in [3.8, 4) is 0 Å². The van der Waals surface area contributed by atoms with Crippen LogP contribution < -0.4 is 10.6 Å². The van der Waals surface area contributed by atoms with Crippen LogP contribution in [0.5, 0.6) is 0 Å². The second kappa shape index (κ2) is 6.22. The lowest BCUT2D eigenvalue weighted by atomic mass is 9.76. The van der Waals surface area contributed by atoms with Gasteiger partial charge in [0.05, 0.1) is 13.7 Å². The molecule has 114 valence electrons. The third-order valence-corrected chi connectivity index (χ3v) is 3.83. The van der Waals surface area contributed by atoms with Gasteiger partial charge in [-0.3, -0.25) is 14.9 Å². The van der Waals surface area contributed by atoms with Gasteiger partial charge in [-0.1, -0.05) is 6.07 Å². The molecule has 0 radical (unpaired) electrons. The van der Waals surface area contributed by atoms with Crippen LogP contribution in [-0.2, 0) is 14.3 Å². The van der Waals surface area contributed by atoms with Gasteiger partial charge in [-0.25, -0.2) is 4.39 Å². The Balaban J connectivity index is 1.90. The van der Waals surface area contributed by atoms with Crippen molar-refractivity contribution in [3.63, 3.8) is 0 Å². The van der Waals surface area contributed by atoms with E-state index in [0.29, 0.717) is 24.1 Å². The molecule has 1 aromatic carbocycles. The summed E-state index contributed by atoms with van der Waals surface area (Å²) < 4.78 is 18.1. The van der Waals surface area contributed by atoms with Gasteiger partial charge < -0.3 is 10.1 Å². The van der Waals surface area contributed by atoms with Gasteiger partial charge in [0.1, 0.15) is 11.4 Å². The number of amides is 1. The van der Waals surface area contributed by atoms with Gasteiger partial charge >= 0.3 is 5.97 Å². The summed E-state index contributed by atoms with van der Waals surface area (Å²) in [6.45, 7) is 1.63. The molecule has 5 nitrogen and oxygen atoms in total. The zero-order chi connectivity index (χ0) is 15.5. The highest BCUT2D eigenvalue weighted by Gasteiger charge is 2.45. The number of carbonyl (C=O) groups is 2. The molecule has 0 heterocycles. The largest absolute Gasteiger partial charge is 0.468 e. The first-order chi connectivity index (χ1) is 9.97. The van der Waals surface area contributed by atoms with Crippen LogP contribution >= 0.6 is 0 Å². The maximum Gasteiger partial charge on any atom is 0.326 e. The van der Waals surface area contributed by atoms with Crippen molar-refractivity contribution in [3.05, 3.63) is 29.6 Å². The zero-order valence-electron chi connectivity index (χ0n) is 12.2. The highest BCUT2D eigenvalue weighted by atomic mass is 19.1. The highest BCUT2D eigenvalue weighted by molar-refractivity contribution is 5.93. The Bertz CT molecular complexity index is 556. The molecule has 1 fully saturated rings. The molecule has 1 amide bonds. The van der Waals surface area contributed by atoms with Gasteiger partial charge in [0, 0.05) is 5.69 Å². The molecular weight excluding hydrogens is 275 g/mol. The van der Waals surface area contributed by atoms with Gasteiger partial charge in [0.2, 0.25) is 5.91 Å². The average Bonchev–Trinajstić information content (AvgIpc) is 2.41. The predicted molar refractivity (Wildman–Crippen MR) is 76.4 cm³/mol. The molecule has 1 aliphatic carbocycles. The number of esters is 1. The number of methoxy groups -OCH3 is 1. The van der Waals surface area contributed by atoms with Crippen LogP contribution in [0.15, 0.2) is 18.2 Å². The van der Waals surface area contributed by atoms with Gasteiger partial charge in [-0.15, -0.1) is 0 Å². The smallest absolute Gasteiger partial charge is 0.326 e.